The van der Waals surface area contributed by atoms with E-state index in [1.54, 1.807) is 0 Å². The molecule has 0 unspecified atom stereocenters. The molecule has 0 saturated carbocycles. The van der Waals surface area contributed by atoms with Crippen molar-refractivity contribution in [3.05, 3.63) is 0 Å². The monoisotopic (exact) mass is 1260 g/mol. The van der Waals surface area contributed by atoms with E-state index in [0.717, 1.165) is 20.8 Å². The van der Waals surface area contributed by atoms with Crippen molar-refractivity contribution in [3.63, 3.8) is 0 Å². The van der Waals surface area contributed by atoms with Gasteiger partial charge in [0.1, 0.15) is 165 Å². The Morgan fingerprint density at radius 2 is 0.686 bits per heavy atom. The van der Waals surface area contributed by atoms with Crippen LogP contribution in [-0.2, 0) is 76.0 Å². The Labute approximate surface area is 488 Å². The predicted molar refractivity (Wildman–Crippen MR) is 265 cm³/mol. The third-order valence-corrected chi connectivity index (χ3v) is 15.7. The number of hydrogen-bond acceptors (Lipinski definition) is 35. The van der Waals surface area contributed by atoms with Crippen molar-refractivity contribution in [2.24, 2.45) is 0 Å². The number of carbonyl (C=O) groups is 3. The van der Waals surface area contributed by atoms with Crippen molar-refractivity contribution in [1.82, 2.24) is 16.0 Å². The van der Waals surface area contributed by atoms with Crippen LogP contribution in [0, 0.1) is 0 Å². The molecule has 7 heterocycles. The Morgan fingerprint density at radius 3 is 1.22 bits per heavy atom. The average Bonchev–Trinajstić information content (AvgIpc) is 1.72. The van der Waals surface area contributed by atoms with Crippen molar-refractivity contribution in [2.75, 3.05) is 39.6 Å². The van der Waals surface area contributed by atoms with E-state index < -0.39 is 272 Å². The van der Waals surface area contributed by atoms with E-state index in [1.165, 1.54) is 6.92 Å². The lowest BCUT2D eigenvalue weighted by Crippen LogP contribution is -2.70. The number of amides is 3. The van der Waals surface area contributed by atoms with Gasteiger partial charge in [0.05, 0.1) is 45.7 Å². The molecule has 3 amide bonds. The van der Waals surface area contributed by atoms with E-state index in [1.807, 2.05) is 0 Å². The number of aliphatic hydroxyl groups is 19. The molecule has 7 saturated heterocycles. The van der Waals surface area contributed by atoms with Crippen LogP contribution in [0.2, 0.25) is 0 Å². The molecule has 38 heteroatoms. The van der Waals surface area contributed by atoms with Gasteiger partial charge < -0.3 is 175 Å². The molecule has 0 aromatic carbocycles. The molecule has 7 rings (SSSR count). The maximum absolute atomic E-state index is 12.9. The van der Waals surface area contributed by atoms with Crippen LogP contribution in [0.25, 0.3) is 0 Å². The molecule has 0 aromatic rings. The summed E-state index contributed by atoms with van der Waals surface area (Å²) in [6, 6.07) is -5.10. The fraction of sp³-hybridized carbons (Fsp3) is 0.938. The first kappa shape index (κ1) is 70.6. The number of hydrogen-bond donors (Lipinski definition) is 22. The molecule has 0 radical (unpaired) electrons. The second-order valence-electron chi connectivity index (χ2n) is 21.8. The molecule has 7 fully saturated rings. The summed E-state index contributed by atoms with van der Waals surface area (Å²) in [6.45, 7) is -1.28. The number of ether oxygens (including phenoxy) is 13. The third-order valence-electron chi connectivity index (χ3n) is 15.7. The maximum Gasteiger partial charge on any atom is 0.217 e. The molecular formula is C48H81N3O35. The lowest BCUT2D eigenvalue weighted by molar-refractivity contribution is -0.389. The van der Waals surface area contributed by atoms with Gasteiger partial charge in [0, 0.05) is 20.8 Å². The van der Waals surface area contributed by atoms with Crippen LogP contribution in [0.3, 0.4) is 0 Å². The Hall–Kier alpha value is -2.87. The summed E-state index contributed by atoms with van der Waals surface area (Å²) >= 11 is 0. The predicted octanol–water partition coefficient (Wildman–Crippen LogP) is -14.8. The normalized spacial score (nSPS) is 49.4. The highest BCUT2D eigenvalue weighted by atomic mass is 16.8. The van der Waals surface area contributed by atoms with Crippen molar-refractivity contribution >= 4 is 17.7 Å². The standard InChI is InChI=1S/C48H81N3O35/c1-11-24(59)31(66)34(69)45(76-11)75-10-20-40(29(64)21(42(73)77-20)49-12(2)56)84-44-23(51-14(4)58)30(65)38(17(7-54)80-44)85-48-37(72)41(27(62)19(82-48)9-74-46-35(70)32(67)26(61)16(6-53)79-46)86-47-36(71)33(68)39(18(8-55)81-47)83-43-22(50-13(3)57)28(63)25(60)15(5-52)78-43/h11,15-48,52-55,59-73H,5-10H2,1-4H3,(H,49,56)(H,50,57)(H,51,58)/t11-,15-,16-,17-,18-,19-,20-,21-,22-,23-,24+,25-,26-,27-,28-,29-,30-,31+,32+,33-,34-,35+,36+,37+,38-,39-,40-,41+,42-,43+,44+,45+,46+,47-,48+/m1/s1. The van der Waals surface area contributed by atoms with E-state index in [0.29, 0.717) is 0 Å². The summed E-state index contributed by atoms with van der Waals surface area (Å²) < 4.78 is 75.2. The fourth-order valence-electron chi connectivity index (χ4n) is 11.0. The largest absolute Gasteiger partial charge is 0.394 e. The number of nitrogens with one attached hydrogen (secondary N) is 3. The lowest BCUT2D eigenvalue weighted by atomic mass is 9.93. The fourth-order valence-corrected chi connectivity index (χ4v) is 11.0. The Balaban J connectivity index is 1.15. The van der Waals surface area contributed by atoms with E-state index in [9.17, 15) is 111 Å². The van der Waals surface area contributed by atoms with E-state index in [-0.39, 0.29) is 0 Å². The zero-order valence-corrected chi connectivity index (χ0v) is 46.5. The second-order valence-corrected chi connectivity index (χ2v) is 21.8. The van der Waals surface area contributed by atoms with Gasteiger partial charge in [-0.25, -0.2) is 0 Å². The molecule has 7 aliphatic heterocycles. The minimum atomic E-state index is -2.36. The smallest absolute Gasteiger partial charge is 0.217 e. The molecule has 0 aromatic heterocycles. The summed E-state index contributed by atoms with van der Waals surface area (Å²) in [5, 5.41) is 214. The van der Waals surface area contributed by atoms with Gasteiger partial charge in [-0.3, -0.25) is 14.4 Å². The summed E-state index contributed by atoms with van der Waals surface area (Å²) in [5.74, 6) is -2.43. The van der Waals surface area contributed by atoms with E-state index >= 15 is 0 Å². The highest BCUT2D eigenvalue weighted by Crippen LogP contribution is 2.37. The second kappa shape index (κ2) is 30.5. The summed E-state index contributed by atoms with van der Waals surface area (Å²) in [7, 11) is 0. The molecule has 498 valence electrons. The molecule has 35 atom stereocenters. The van der Waals surface area contributed by atoms with Crippen molar-refractivity contribution in [3.8, 4) is 0 Å². The van der Waals surface area contributed by atoms with Gasteiger partial charge in [-0.15, -0.1) is 0 Å². The van der Waals surface area contributed by atoms with Gasteiger partial charge in [0.2, 0.25) is 17.7 Å². The molecule has 86 heavy (non-hydrogen) atoms. The molecule has 22 N–H and O–H groups in total. The van der Waals surface area contributed by atoms with Crippen LogP contribution in [0.15, 0.2) is 0 Å². The molecule has 38 nitrogen and oxygen atoms in total. The first-order valence-corrected chi connectivity index (χ1v) is 27.5. The number of rotatable bonds is 21. The van der Waals surface area contributed by atoms with Crippen LogP contribution >= 0.6 is 0 Å². The van der Waals surface area contributed by atoms with Crippen molar-refractivity contribution < 1.29 is 173 Å². The number of aliphatic hydroxyl groups excluding tert-OH is 19. The van der Waals surface area contributed by atoms with Crippen molar-refractivity contribution in [2.45, 2.75) is 242 Å². The highest BCUT2D eigenvalue weighted by molar-refractivity contribution is 5.74. The average molecular weight is 1260 g/mol. The van der Waals surface area contributed by atoms with Crippen LogP contribution in [0.1, 0.15) is 27.7 Å². The maximum atomic E-state index is 12.9. The zero-order chi connectivity index (χ0) is 63.5. The van der Waals surface area contributed by atoms with Gasteiger partial charge in [0.15, 0.2) is 44.0 Å². The zero-order valence-electron chi connectivity index (χ0n) is 46.5. The third kappa shape index (κ3) is 15.5. The van der Waals surface area contributed by atoms with Crippen LogP contribution in [0.4, 0.5) is 0 Å². The van der Waals surface area contributed by atoms with Crippen LogP contribution < -0.4 is 16.0 Å². The first-order chi connectivity index (χ1) is 40.6. The molecular weight excluding hydrogens is 1180 g/mol. The highest BCUT2D eigenvalue weighted by Gasteiger charge is 2.58. The molecule has 0 bridgehead atoms. The minimum Gasteiger partial charge on any atom is -0.394 e. The Kier molecular flexibility index (Phi) is 25.0. The summed E-state index contributed by atoms with van der Waals surface area (Å²) in [5.41, 5.74) is 0. The SMILES string of the molecule is CC(=O)N[C@@H]1[C@@H](O)[C@H](O[C@@H]2O[C@H](CO)[C@@H](O[C@@H]3O[C@H](CO[C@H]4O[C@H](CO)[C@@H](O)[C@H](O)[C@@H]4O)[C@@H](O)[C@H](O[C@H]4O[C@H](CO)[C@@H](O[C@@H]5O[C@H](CO)[C@@H](O)[C@H](O)[C@H]5NC(C)=O)[C@H](O)[C@@H]4O)[C@@H]3O)[C@H](O)[C@H]2NC(C)=O)[C@@H](CO[C@H]2O[C@H](C)[C@H](O)[C@H](O)[C@H]2O)O[C@H]1O. The van der Waals surface area contributed by atoms with Crippen LogP contribution in [-0.4, -0.2) is 369 Å². The van der Waals surface area contributed by atoms with Gasteiger partial charge in [-0.05, 0) is 6.92 Å². The summed E-state index contributed by atoms with van der Waals surface area (Å²) in [6.07, 6.45) is -60.7. The molecule has 0 spiro atoms. The van der Waals surface area contributed by atoms with Crippen molar-refractivity contribution in [1.29, 1.82) is 0 Å². The van der Waals surface area contributed by atoms with Gasteiger partial charge in [-0.2, -0.15) is 0 Å². The lowest BCUT2D eigenvalue weighted by Gasteiger charge is -2.50. The van der Waals surface area contributed by atoms with Gasteiger partial charge in [0.25, 0.3) is 0 Å². The Morgan fingerprint density at radius 1 is 0.326 bits per heavy atom. The summed E-state index contributed by atoms with van der Waals surface area (Å²) in [4.78, 5) is 37.2. The minimum absolute atomic E-state index is 0.761. The topological polar surface area (TPSA) is 592 Å². The van der Waals surface area contributed by atoms with Gasteiger partial charge in [-0.1, -0.05) is 0 Å². The van der Waals surface area contributed by atoms with Gasteiger partial charge >= 0.3 is 0 Å². The Bertz CT molecular complexity index is 2170. The first-order valence-electron chi connectivity index (χ1n) is 27.5. The van der Waals surface area contributed by atoms with Crippen LogP contribution in [0.5, 0.6) is 0 Å². The van der Waals surface area contributed by atoms with E-state index in [4.69, 9.17) is 61.6 Å². The molecule has 0 aliphatic carbocycles. The number of carbonyl (C=O) groups excluding carboxylic acids is 3. The molecule has 7 aliphatic rings. The van der Waals surface area contributed by atoms with E-state index in [2.05, 4.69) is 16.0 Å². The quantitative estimate of drug-likeness (QED) is 0.0507.